The van der Waals surface area contributed by atoms with Crippen molar-refractivity contribution in [1.29, 1.82) is 0 Å². The third kappa shape index (κ3) is 5.28. The molecule has 2 aromatic rings. The SMILES string of the molecule is Cc1cc(C(F)(F)F)cc(N2C(=O)C[C@@H]3CN(CCN4CCN(C)[C@@H](C)C4)c4c(C)cccc4N(C)C(=O)[C@H]32)n1. The van der Waals surface area contributed by atoms with E-state index in [0.29, 0.717) is 19.1 Å². The number of aromatic nitrogens is 1. The van der Waals surface area contributed by atoms with E-state index in [1.165, 1.54) is 11.8 Å². The molecule has 0 aliphatic carbocycles. The Kier molecular flexibility index (Phi) is 7.56. The maximum absolute atomic E-state index is 14.0. The van der Waals surface area contributed by atoms with Gasteiger partial charge in [0.05, 0.1) is 16.9 Å². The fourth-order valence-electron chi connectivity index (χ4n) is 6.29. The lowest BCUT2D eigenvalue weighted by molar-refractivity contribution is -0.137. The van der Waals surface area contributed by atoms with Gasteiger partial charge < -0.3 is 14.7 Å². The lowest BCUT2D eigenvalue weighted by atomic mass is 9.95. The second kappa shape index (κ2) is 10.7. The smallest absolute Gasteiger partial charge is 0.368 e. The van der Waals surface area contributed by atoms with Crippen molar-refractivity contribution in [1.82, 2.24) is 14.8 Å². The summed E-state index contributed by atoms with van der Waals surface area (Å²) >= 11 is 0. The summed E-state index contributed by atoms with van der Waals surface area (Å²) in [6.45, 7) is 10.6. The molecular weight excluding hydrogens is 521 g/mol. The molecule has 0 N–H and O–H groups in total. The Morgan fingerprint density at radius 3 is 2.48 bits per heavy atom. The summed E-state index contributed by atoms with van der Waals surface area (Å²) in [7, 11) is 3.81. The molecule has 0 radical (unpaired) electrons. The van der Waals surface area contributed by atoms with Gasteiger partial charge in [-0.25, -0.2) is 4.98 Å². The van der Waals surface area contributed by atoms with Crippen molar-refractivity contribution < 1.29 is 22.8 Å². The number of halogens is 3. The Morgan fingerprint density at radius 1 is 1.02 bits per heavy atom. The second-order valence-corrected chi connectivity index (χ2v) is 11.4. The highest BCUT2D eigenvalue weighted by Gasteiger charge is 2.49. The van der Waals surface area contributed by atoms with Crippen molar-refractivity contribution in [2.75, 3.05) is 68.1 Å². The predicted molar refractivity (Wildman–Crippen MR) is 149 cm³/mol. The Balaban J connectivity index is 1.51. The van der Waals surface area contributed by atoms with Crippen LogP contribution in [-0.2, 0) is 15.8 Å². The number of pyridine rings is 1. The maximum Gasteiger partial charge on any atom is 0.416 e. The van der Waals surface area contributed by atoms with E-state index in [0.717, 1.165) is 55.2 Å². The Morgan fingerprint density at radius 2 is 1.77 bits per heavy atom. The van der Waals surface area contributed by atoms with Crippen molar-refractivity contribution >= 4 is 29.0 Å². The van der Waals surface area contributed by atoms with E-state index in [9.17, 15) is 22.8 Å². The molecule has 2 saturated heterocycles. The molecule has 216 valence electrons. The molecule has 0 saturated carbocycles. The predicted octanol–water partition coefficient (Wildman–Crippen LogP) is 3.56. The van der Waals surface area contributed by atoms with Gasteiger partial charge in [-0.1, -0.05) is 12.1 Å². The van der Waals surface area contributed by atoms with E-state index in [2.05, 4.69) is 33.7 Å². The molecule has 11 heteroatoms. The van der Waals surface area contributed by atoms with Crippen LogP contribution >= 0.6 is 0 Å². The van der Waals surface area contributed by atoms with Gasteiger partial charge in [0.1, 0.15) is 11.9 Å². The number of piperazine rings is 1. The molecule has 4 heterocycles. The molecule has 5 rings (SSSR count). The van der Waals surface area contributed by atoms with E-state index < -0.39 is 29.6 Å². The van der Waals surface area contributed by atoms with Gasteiger partial charge in [-0.2, -0.15) is 13.2 Å². The van der Waals surface area contributed by atoms with Crippen LogP contribution in [0.15, 0.2) is 30.3 Å². The molecule has 1 aromatic carbocycles. The first kappa shape index (κ1) is 28.4. The van der Waals surface area contributed by atoms with Crippen LogP contribution in [0.25, 0.3) is 0 Å². The zero-order valence-corrected chi connectivity index (χ0v) is 23.7. The maximum atomic E-state index is 14.0. The number of carbonyl (C=O) groups excluding carboxylic acids is 2. The van der Waals surface area contributed by atoms with Crippen molar-refractivity contribution in [3.8, 4) is 0 Å². The van der Waals surface area contributed by atoms with Crippen LogP contribution in [-0.4, -0.2) is 92.0 Å². The summed E-state index contributed by atoms with van der Waals surface area (Å²) in [4.78, 5) is 41.5. The lowest BCUT2D eigenvalue weighted by Crippen LogP contribution is -2.54. The average molecular weight is 559 g/mol. The molecule has 3 aliphatic heterocycles. The first-order valence-corrected chi connectivity index (χ1v) is 13.8. The highest BCUT2D eigenvalue weighted by atomic mass is 19.4. The standard InChI is InChI=1S/C29H37F3N6O2/c1-18-7-6-8-23-26(18)37(12-11-36-10-9-34(4)20(3)16-36)17-21-14-25(39)38(27(21)28(40)35(23)5)24-15-22(29(30,31)32)13-19(2)33-24/h6-8,13,15,20-21,27H,9-12,14,16-17H2,1-5H3/t20-,21+,27-/m0/s1. The van der Waals surface area contributed by atoms with Crippen LogP contribution in [0.2, 0.25) is 0 Å². The van der Waals surface area contributed by atoms with Crippen LogP contribution in [0.1, 0.15) is 30.2 Å². The number of alkyl halides is 3. The minimum Gasteiger partial charge on any atom is -0.368 e. The highest BCUT2D eigenvalue weighted by molar-refractivity contribution is 6.10. The van der Waals surface area contributed by atoms with Crippen LogP contribution in [0, 0.1) is 19.8 Å². The Bertz CT molecular complexity index is 1300. The highest BCUT2D eigenvalue weighted by Crippen LogP contribution is 2.41. The summed E-state index contributed by atoms with van der Waals surface area (Å²) in [6.07, 6.45) is -4.54. The third-order valence-electron chi connectivity index (χ3n) is 8.61. The number of para-hydroxylation sites is 1. The lowest BCUT2D eigenvalue weighted by Gasteiger charge is -2.41. The van der Waals surface area contributed by atoms with Gasteiger partial charge in [0.25, 0.3) is 0 Å². The topological polar surface area (TPSA) is 63.2 Å². The first-order valence-electron chi connectivity index (χ1n) is 13.8. The van der Waals surface area contributed by atoms with Crippen molar-refractivity contribution in [3.05, 3.63) is 47.2 Å². The number of anilines is 3. The zero-order chi connectivity index (χ0) is 28.9. The number of rotatable bonds is 4. The largest absolute Gasteiger partial charge is 0.416 e. The molecule has 2 fully saturated rings. The number of nitrogens with zero attached hydrogens (tertiary/aromatic N) is 6. The zero-order valence-electron chi connectivity index (χ0n) is 23.7. The number of hydrogen-bond donors (Lipinski definition) is 0. The monoisotopic (exact) mass is 558 g/mol. The summed E-state index contributed by atoms with van der Waals surface area (Å²) in [5, 5.41) is 0. The van der Waals surface area contributed by atoms with E-state index in [4.69, 9.17) is 0 Å². The van der Waals surface area contributed by atoms with Crippen molar-refractivity contribution in [2.45, 2.75) is 45.5 Å². The van der Waals surface area contributed by atoms with Gasteiger partial charge in [0.2, 0.25) is 11.8 Å². The first-order chi connectivity index (χ1) is 18.8. The second-order valence-electron chi connectivity index (χ2n) is 11.4. The number of fused-ring (bicyclic) bond motifs is 2. The van der Waals surface area contributed by atoms with Crippen molar-refractivity contribution in [3.63, 3.8) is 0 Å². The number of aryl methyl sites for hydroxylation is 2. The summed E-state index contributed by atoms with van der Waals surface area (Å²) in [5.74, 6) is -1.25. The fourth-order valence-corrected chi connectivity index (χ4v) is 6.29. The number of hydrogen-bond acceptors (Lipinski definition) is 6. The molecule has 3 atom stereocenters. The van der Waals surface area contributed by atoms with E-state index in [1.807, 2.05) is 25.1 Å². The third-order valence-corrected chi connectivity index (χ3v) is 8.61. The van der Waals surface area contributed by atoms with Crippen LogP contribution in [0.3, 0.4) is 0 Å². The number of amides is 2. The molecule has 8 nitrogen and oxygen atoms in total. The van der Waals surface area contributed by atoms with Gasteiger partial charge in [0.15, 0.2) is 0 Å². The fraction of sp³-hybridized carbons (Fsp3) is 0.552. The van der Waals surface area contributed by atoms with Crippen molar-refractivity contribution in [2.24, 2.45) is 5.92 Å². The summed E-state index contributed by atoms with van der Waals surface area (Å²) < 4.78 is 40.9. The van der Waals surface area contributed by atoms with Gasteiger partial charge in [-0.3, -0.25) is 19.4 Å². The van der Waals surface area contributed by atoms with E-state index in [1.54, 1.807) is 11.9 Å². The van der Waals surface area contributed by atoms with Gasteiger partial charge in [-0.15, -0.1) is 0 Å². The molecule has 3 aliphatic rings. The van der Waals surface area contributed by atoms with E-state index in [-0.39, 0.29) is 23.8 Å². The molecule has 40 heavy (non-hydrogen) atoms. The Hall–Kier alpha value is -3.18. The number of carbonyl (C=O) groups is 2. The molecule has 0 spiro atoms. The average Bonchev–Trinajstić information content (AvgIpc) is 3.21. The van der Waals surface area contributed by atoms with Gasteiger partial charge in [0, 0.05) is 70.4 Å². The Labute approximate surface area is 233 Å². The van der Waals surface area contributed by atoms with Crippen LogP contribution < -0.4 is 14.7 Å². The molecule has 1 aromatic heterocycles. The molecule has 2 amide bonds. The minimum atomic E-state index is -4.60. The van der Waals surface area contributed by atoms with Crippen LogP contribution in [0.5, 0.6) is 0 Å². The summed E-state index contributed by atoms with van der Waals surface area (Å²) in [6, 6.07) is 7.13. The molecular formula is C29H37F3N6O2. The van der Waals surface area contributed by atoms with Gasteiger partial charge >= 0.3 is 6.18 Å². The van der Waals surface area contributed by atoms with Gasteiger partial charge in [-0.05, 0) is 51.6 Å². The molecule has 0 unspecified atom stereocenters. The molecule has 0 bridgehead atoms. The number of likely N-dealkylation sites (N-methyl/N-ethyl adjacent to an activating group) is 2. The van der Waals surface area contributed by atoms with E-state index >= 15 is 0 Å². The minimum absolute atomic E-state index is 0.0600. The van der Waals surface area contributed by atoms with Crippen LogP contribution in [0.4, 0.5) is 30.4 Å². The summed E-state index contributed by atoms with van der Waals surface area (Å²) in [5.41, 5.74) is 1.96. The quantitative estimate of drug-likeness (QED) is 0.572. The number of benzene rings is 1. The normalized spacial score (nSPS) is 24.7.